The molecule has 0 spiro atoms. The zero-order chi connectivity index (χ0) is 23.8. The fourth-order valence-corrected chi connectivity index (χ4v) is 4.95. The van der Waals surface area contributed by atoms with Crippen molar-refractivity contribution in [3.8, 4) is 5.75 Å². The Bertz CT molecular complexity index is 1220. The Balaban J connectivity index is 1.54. The van der Waals surface area contributed by atoms with E-state index in [1.165, 1.54) is 0 Å². The predicted molar refractivity (Wildman–Crippen MR) is 143 cm³/mol. The van der Waals surface area contributed by atoms with Crippen molar-refractivity contribution < 1.29 is 9.53 Å². The zero-order valence-electron chi connectivity index (χ0n) is 18.2. The van der Waals surface area contributed by atoms with Crippen molar-refractivity contribution in [2.45, 2.75) is 12.5 Å². The molecule has 1 amide bonds. The van der Waals surface area contributed by atoms with Gasteiger partial charge in [0.15, 0.2) is 0 Å². The van der Waals surface area contributed by atoms with Gasteiger partial charge in [0.05, 0.1) is 16.6 Å². The maximum absolute atomic E-state index is 13.2. The van der Waals surface area contributed by atoms with E-state index in [0.29, 0.717) is 12.4 Å². The van der Waals surface area contributed by atoms with Crippen LogP contribution in [0.4, 0.5) is 0 Å². The van der Waals surface area contributed by atoms with E-state index in [-0.39, 0.29) is 5.91 Å². The first-order chi connectivity index (χ1) is 16.6. The molecule has 0 atom stereocenters. The van der Waals surface area contributed by atoms with Crippen LogP contribution >= 0.6 is 31.9 Å². The normalized spacial score (nSPS) is 11.0. The maximum atomic E-state index is 13.2. The third-order valence-corrected chi connectivity index (χ3v) is 6.22. The first-order valence-electron chi connectivity index (χ1n) is 10.7. The van der Waals surface area contributed by atoms with Crippen LogP contribution in [-0.2, 0) is 11.4 Å². The largest absolute Gasteiger partial charge is 0.487 e. The number of nitrogens with one attached hydrogen (secondary N) is 1. The highest BCUT2D eigenvalue weighted by Gasteiger charge is 2.22. The molecule has 4 nitrogen and oxygen atoms in total. The molecule has 0 aliphatic carbocycles. The molecular formula is C28H22Br2N2O2. The van der Waals surface area contributed by atoms with Crippen molar-refractivity contribution >= 4 is 44.0 Å². The summed E-state index contributed by atoms with van der Waals surface area (Å²) in [7, 11) is 0. The van der Waals surface area contributed by atoms with Gasteiger partial charge in [-0.2, -0.15) is 5.10 Å². The van der Waals surface area contributed by atoms with Gasteiger partial charge in [0.1, 0.15) is 12.4 Å². The fourth-order valence-electron chi connectivity index (χ4n) is 3.57. The Morgan fingerprint density at radius 1 is 0.853 bits per heavy atom. The molecule has 0 heterocycles. The lowest BCUT2D eigenvalue weighted by Crippen LogP contribution is -2.26. The lowest BCUT2D eigenvalue weighted by atomic mass is 9.91. The van der Waals surface area contributed by atoms with Crippen LogP contribution in [0.5, 0.6) is 5.75 Å². The molecule has 0 aliphatic heterocycles. The highest BCUT2D eigenvalue weighted by molar-refractivity contribution is 9.11. The number of nitrogens with zero attached hydrogens (tertiary/aromatic N) is 1. The van der Waals surface area contributed by atoms with Gasteiger partial charge in [-0.15, -0.1) is 0 Å². The highest BCUT2D eigenvalue weighted by atomic mass is 79.9. The van der Waals surface area contributed by atoms with Gasteiger partial charge in [0.25, 0.3) is 5.91 Å². The van der Waals surface area contributed by atoms with Gasteiger partial charge in [-0.3, -0.25) is 4.79 Å². The first-order valence-corrected chi connectivity index (χ1v) is 12.3. The van der Waals surface area contributed by atoms with Crippen LogP contribution in [-0.4, -0.2) is 12.1 Å². The first kappa shape index (κ1) is 23.9. The van der Waals surface area contributed by atoms with E-state index in [4.69, 9.17) is 4.74 Å². The van der Waals surface area contributed by atoms with Gasteiger partial charge >= 0.3 is 0 Å². The number of amides is 1. The van der Waals surface area contributed by atoms with Gasteiger partial charge in [-0.05, 0) is 44.8 Å². The van der Waals surface area contributed by atoms with Crippen LogP contribution in [0.1, 0.15) is 28.2 Å². The summed E-state index contributed by atoms with van der Waals surface area (Å²) in [6.07, 6.45) is 1.60. The van der Waals surface area contributed by atoms with Gasteiger partial charge in [0.2, 0.25) is 0 Å². The lowest BCUT2D eigenvalue weighted by Gasteiger charge is -2.16. The lowest BCUT2D eigenvalue weighted by molar-refractivity contribution is -0.121. The molecule has 34 heavy (non-hydrogen) atoms. The van der Waals surface area contributed by atoms with Crippen LogP contribution in [0.25, 0.3) is 0 Å². The summed E-state index contributed by atoms with van der Waals surface area (Å²) in [6.45, 7) is 0.415. The van der Waals surface area contributed by atoms with Crippen molar-refractivity contribution in [3.05, 3.63) is 134 Å². The Morgan fingerprint density at radius 3 is 2.00 bits per heavy atom. The molecule has 0 unspecified atom stereocenters. The average Bonchev–Trinajstić information content (AvgIpc) is 2.85. The molecule has 0 radical (unpaired) electrons. The van der Waals surface area contributed by atoms with E-state index in [9.17, 15) is 4.79 Å². The molecule has 0 bridgehead atoms. The number of carbonyl (C=O) groups is 1. The van der Waals surface area contributed by atoms with E-state index in [1.54, 1.807) is 6.21 Å². The molecule has 0 aliphatic rings. The molecule has 4 aromatic carbocycles. The number of ether oxygens (including phenoxy) is 1. The quantitative estimate of drug-likeness (QED) is 0.180. The van der Waals surface area contributed by atoms with Gasteiger partial charge in [-0.1, -0.05) is 107 Å². The number of benzene rings is 4. The van der Waals surface area contributed by atoms with Crippen LogP contribution in [0.2, 0.25) is 0 Å². The van der Waals surface area contributed by atoms with Crippen LogP contribution in [0.15, 0.2) is 117 Å². The standard InChI is InChI=1S/C28H22Br2N2O2/c29-24-16-23(27(25(30)17-24)34-19-20-10-4-1-5-11-20)18-31-32-28(33)26(21-12-6-2-7-13-21)22-14-8-3-9-15-22/h1-18,26H,19H2,(H,32,33)/b31-18-. The van der Waals surface area contributed by atoms with E-state index in [1.807, 2.05) is 103 Å². The second-order valence-corrected chi connectivity index (χ2v) is 9.34. The van der Waals surface area contributed by atoms with E-state index in [2.05, 4.69) is 42.4 Å². The summed E-state index contributed by atoms with van der Waals surface area (Å²) in [5.74, 6) is -0.0372. The monoisotopic (exact) mass is 576 g/mol. The molecule has 0 saturated heterocycles. The second kappa shape index (κ2) is 11.8. The second-order valence-electron chi connectivity index (χ2n) is 7.57. The summed E-state index contributed by atoms with van der Waals surface area (Å²) in [4.78, 5) is 13.2. The summed E-state index contributed by atoms with van der Waals surface area (Å²) in [5, 5.41) is 4.27. The molecule has 0 fully saturated rings. The maximum Gasteiger partial charge on any atom is 0.252 e. The fraction of sp³-hybridized carbons (Fsp3) is 0.0714. The number of hydrazone groups is 1. The predicted octanol–water partition coefficient (Wildman–Crippen LogP) is 7.07. The molecule has 170 valence electrons. The zero-order valence-corrected chi connectivity index (χ0v) is 21.4. The minimum absolute atomic E-state index is 0.213. The van der Waals surface area contributed by atoms with Crippen molar-refractivity contribution in [1.29, 1.82) is 0 Å². The van der Waals surface area contributed by atoms with Crippen LogP contribution in [0, 0.1) is 0 Å². The summed E-state index contributed by atoms with van der Waals surface area (Å²) in [5.41, 5.74) is 6.30. The minimum Gasteiger partial charge on any atom is -0.487 e. The molecule has 4 aromatic rings. The van der Waals surface area contributed by atoms with Gasteiger partial charge < -0.3 is 4.74 Å². The molecule has 0 saturated carbocycles. The molecule has 6 heteroatoms. The topological polar surface area (TPSA) is 50.7 Å². The summed E-state index contributed by atoms with van der Waals surface area (Å²) in [6, 6.07) is 33.1. The van der Waals surface area contributed by atoms with E-state index >= 15 is 0 Å². The molecule has 1 N–H and O–H groups in total. The molecule has 0 aromatic heterocycles. The van der Waals surface area contributed by atoms with E-state index < -0.39 is 5.92 Å². The Labute approximate surface area is 215 Å². The third-order valence-electron chi connectivity index (χ3n) is 5.17. The molecular weight excluding hydrogens is 556 g/mol. The number of hydrogen-bond donors (Lipinski definition) is 1. The third kappa shape index (κ3) is 6.22. The average molecular weight is 578 g/mol. The summed E-state index contributed by atoms with van der Waals surface area (Å²) < 4.78 is 7.74. The van der Waals surface area contributed by atoms with Crippen molar-refractivity contribution in [3.63, 3.8) is 0 Å². The van der Waals surface area contributed by atoms with Gasteiger partial charge in [-0.25, -0.2) is 5.43 Å². The van der Waals surface area contributed by atoms with E-state index in [0.717, 1.165) is 31.2 Å². The SMILES string of the molecule is O=C(N/N=C\c1cc(Br)cc(Br)c1OCc1ccccc1)C(c1ccccc1)c1ccccc1. The summed E-state index contributed by atoms with van der Waals surface area (Å²) >= 11 is 7.09. The van der Waals surface area contributed by atoms with Crippen molar-refractivity contribution in [2.24, 2.45) is 5.10 Å². The minimum atomic E-state index is -0.470. The number of rotatable bonds is 8. The van der Waals surface area contributed by atoms with Crippen LogP contribution in [0.3, 0.4) is 0 Å². The Kier molecular flexibility index (Phi) is 8.28. The Morgan fingerprint density at radius 2 is 1.41 bits per heavy atom. The Hall–Kier alpha value is -3.22. The van der Waals surface area contributed by atoms with Crippen molar-refractivity contribution in [2.75, 3.05) is 0 Å². The smallest absolute Gasteiger partial charge is 0.252 e. The number of hydrogen-bond acceptors (Lipinski definition) is 3. The highest BCUT2D eigenvalue weighted by Crippen LogP contribution is 2.33. The number of carbonyl (C=O) groups excluding carboxylic acids is 1. The molecule has 4 rings (SSSR count). The van der Waals surface area contributed by atoms with Gasteiger partial charge in [0, 0.05) is 10.0 Å². The number of halogens is 2. The van der Waals surface area contributed by atoms with Crippen LogP contribution < -0.4 is 10.2 Å². The van der Waals surface area contributed by atoms with Crippen molar-refractivity contribution in [1.82, 2.24) is 5.43 Å².